The topological polar surface area (TPSA) is 81.4 Å². The molecule has 0 heterocycles. The fraction of sp³-hybridized carbons (Fsp3) is 0.417. The molecule has 104 valence electrons. The first-order valence-corrected chi connectivity index (χ1v) is 7.48. The molecule has 0 spiro atoms. The van der Waals surface area contributed by atoms with Gasteiger partial charge in [-0.3, -0.25) is 0 Å². The quantitative estimate of drug-likeness (QED) is 0.896. The Bertz CT molecular complexity index is 593. The van der Waals surface area contributed by atoms with Crippen LogP contribution in [0.15, 0.2) is 23.1 Å². The van der Waals surface area contributed by atoms with Gasteiger partial charge in [0.05, 0.1) is 23.3 Å². The molecule has 0 aliphatic rings. The van der Waals surface area contributed by atoms with Gasteiger partial charge in [-0.25, -0.2) is 8.42 Å². The zero-order valence-corrected chi connectivity index (χ0v) is 12.2. The van der Waals surface area contributed by atoms with E-state index in [4.69, 9.17) is 22.0 Å². The number of halogens is 1. The van der Waals surface area contributed by atoms with Gasteiger partial charge in [0.15, 0.2) is 0 Å². The highest BCUT2D eigenvalue weighted by Crippen LogP contribution is 2.26. The lowest BCUT2D eigenvalue weighted by atomic mass is 10.2. The molecule has 19 heavy (non-hydrogen) atoms. The molecule has 0 atom stereocenters. The van der Waals surface area contributed by atoms with E-state index < -0.39 is 10.0 Å². The monoisotopic (exact) mass is 302 g/mol. The standard InChI is InChI=1S/C12H15ClN2O3S/c1-9(2)15(5-6-16)19(17,18)12-4-3-10(8-14)7-11(12)13/h3-4,7,9,16H,5-6H2,1-2H3. The Kier molecular flexibility index (Phi) is 5.32. The van der Waals surface area contributed by atoms with Crippen molar-refractivity contribution in [1.29, 1.82) is 5.26 Å². The Morgan fingerprint density at radius 2 is 2.11 bits per heavy atom. The van der Waals surface area contributed by atoms with E-state index >= 15 is 0 Å². The maximum absolute atomic E-state index is 12.4. The van der Waals surface area contributed by atoms with Crippen LogP contribution in [-0.2, 0) is 10.0 Å². The molecule has 1 N–H and O–H groups in total. The molecule has 0 radical (unpaired) electrons. The van der Waals surface area contributed by atoms with Crippen LogP contribution in [0.5, 0.6) is 0 Å². The summed E-state index contributed by atoms with van der Waals surface area (Å²) >= 11 is 5.92. The number of sulfonamides is 1. The van der Waals surface area contributed by atoms with Crippen molar-refractivity contribution in [3.05, 3.63) is 28.8 Å². The summed E-state index contributed by atoms with van der Waals surface area (Å²) in [4.78, 5) is -0.0599. The van der Waals surface area contributed by atoms with Crippen LogP contribution in [-0.4, -0.2) is 37.0 Å². The van der Waals surface area contributed by atoms with Gasteiger partial charge in [-0.05, 0) is 32.0 Å². The van der Waals surface area contributed by atoms with Crippen LogP contribution >= 0.6 is 11.6 Å². The SMILES string of the molecule is CC(C)N(CCO)S(=O)(=O)c1ccc(C#N)cc1Cl. The second kappa shape index (κ2) is 6.35. The van der Waals surface area contributed by atoms with E-state index in [1.807, 2.05) is 6.07 Å². The minimum absolute atomic E-state index is 0.00244. The molecule has 0 aromatic heterocycles. The molecule has 0 amide bonds. The largest absolute Gasteiger partial charge is 0.395 e. The Morgan fingerprint density at radius 1 is 1.47 bits per heavy atom. The minimum atomic E-state index is -3.79. The molecular formula is C12H15ClN2O3S. The van der Waals surface area contributed by atoms with Crippen LogP contribution in [0.2, 0.25) is 5.02 Å². The molecule has 0 unspecified atom stereocenters. The number of aliphatic hydroxyl groups excluding tert-OH is 1. The van der Waals surface area contributed by atoms with Gasteiger partial charge in [-0.1, -0.05) is 11.6 Å². The van der Waals surface area contributed by atoms with Crippen LogP contribution in [0.1, 0.15) is 19.4 Å². The summed E-state index contributed by atoms with van der Waals surface area (Å²) in [6, 6.07) is 5.61. The Balaban J connectivity index is 3.30. The van der Waals surface area contributed by atoms with E-state index in [2.05, 4.69) is 0 Å². The molecule has 0 saturated heterocycles. The van der Waals surface area contributed by atoms with E-state index in [1.54, 1.807) is 13.8 Å². The zero-order valence-electron chi connectivity index (χ0n) is 10.7. The normalized spacial score (nSPS) is 11.8. The van der Waals surface area contributed by atoms with Crippen molar-refractivity contribution in [2.75, 3.05) is 13.2 Å². The lowest BCUT2D eigenvalue weighted by molar-refractivity contribution is 0.236. The van der Waals surface area contributed by atoms with Crippen molar-refractivity contribution in [3.8, 4) is 6.07 Å². The van der Waals surface area contributed by atoms with Gasteiger partial charge in [0.2, 0.25) is 10.0 Å². The summed E-state index contributed by atoms with van der Waals surface area (Å²) in [5.41, 5.74) is 0.294. The van der Waals surface area contributed by atoms with Crippen LogP contribution in [0.3, 0.4) is 0 Å². The van der Waals surface area contributed by atoms with Crippen molar-refractivity contribution in [2.45, 2.75) is 24.8 Å². The predicted molar refractivity (Wildman–Crippen MR) is 72.3 cm³/mol. The molecule has 1 rings (SSSR count). The highest BCUT2D eigenvalue weighted by molar-refractivity contribution is 7.89. The average molecular weight is 303 g/mol. The number of nitriles is 1. The molecule has 7 heteroatoms. The smallest absolute Gasteiger partial charge is 0.244 e. The van der Waals surface area contributed by atoms with Gasteiger partial charge in [0.25, 0.3) is 0 Å². The van der Waals surface area contributed by atoms with E-state index in [1.165, 1.54) is 22.5 Å². The molecule has 0 bridgehead atoms. The van der Waals surface area contributed by atoms with Crippen LogP contribution in [0.4, 0.5) is 0 Å². The maximum atomic E-state index is 12.4. The van der Waals surface area contributed by atoms with Crippen molar-refractivity contribution in [2.24, 2.45) is 0 Å². The first kappa shape index (κ1) is 15.9. The third-order valence-electron chi connectivity index (χ3n) is 2.54. The number of benzene rings is 1. The predicted octanol–water partition coefficient (Wildman–Crippen LogP) is 1.60. The molecule has 0 aliphatic heterocycles. The lowest BCUT2D eigenvalue weighted by Crippen LogP contribution is -2.39. The second-order valence-corrected chi connectivity index (χ2v) is 6.46. The van der Waals surface area contributed by atoms with Crippen LogP contribution < -0.4 is 0 Å². The van der Waals surface area contributed by atoms with Gasteiger partial charge in [-0.15, -0.1) is 0 Å². The summed E-state index contributed by atoms with van der Waals surface area (Å²) in [5.74, 6) is 0. The molecule has 0 saturated carbocycles. The van der Waals surface area contributed by atoms with Crippen molar-refractivity contribution >= 4 is 21.6 Å². The van der Waals surface area contributed by atoms with Gasteiger partial charge in [0.1, 0.15) is 4.90 Å². The Hall–Kier alpha value is -1.13. The van der Waals surface area contributed by atoms with Crippen molar-refractivity contribution in [1.82, 2.24) is 4.31 Å². The summed E-state index contributed by atoms with van der Waals surface area (Å²) in [7, 11) is -3.79. The van der Waals surface area contributed by atoms with E-state index in [9.17, 15) is 8.42 Å². The van der Waals surface area contributed by atoms with Gasteiger partial charge >= 0.3 is 0 Å². The van der Waals surface area contributed by atoms with Crippen molar-refractivity contribution in [3.63, 3.8) is 0 Å². The maximum Gasteiger partial charge on any atom is 0.244 e. The average Bonchev–Trinajstić information content (AvgIpc) is 2.34. The van der Waals surface area contributed by atoms with Crippen LogP contribution in [0, 0.1) is 11.3 Å². The number of rotatable bonds is 5. The highest BCUT2D eigenvalue weighted by atomic mass is 35.5. The summed E-state index contributed by atoms with van der Waals surface area (Å²) in [6.45, 7) is 3.15. The Morgan fingerprint density at radius 3 is 2.53 bits per heavy atom. The Labute approximate surface area is 118 Å². The summed E-state index contributed by atoms with van der Waals surface area (Å²) < 4.78 is 26.0. The summed E-state index contributed by atoms with van der Waals surface area (Å²) in [6.07, 6.45) is 0. The first-order chi connectivity index (χ1) is 8.84. The second-order valence-electron chi connectivity index (χ2n) is 4.19. The molecule has 1 aromatic rings. The fourth-order valence-corrected chi connectivity index (χ4v) is 3.81. The van der Waals surface area contributed by atoms with E-state index in [0.717, 1.165) is 0 Å². The molecule has 0 fully saturated rings. The summed E-state index contributed by atoms with van der Waals surface area (Å²) in [5, 5.41) is 17.7. The molecule has 1 aromatic carbocycles. The third kappa shape index (κ3) is 3.45. The molecular weight excluding hydrogens is 288 g/mol. The number of hydrogen-bond acceptors (Lipinski definition) is 4. The van der Waals surface area contributed by atoms with Gasteiger partial charge in [0, 0.05) is 12.6 Å². The van der Waals surface area contributed by atoms with E-state index in [0.29, 0.717) is 5.56 Å². The molecule has 0 aliphatic carbocycles. The van der Waals surface area contributed by atoms with Gasteiger partial charge in [-0.2, -0.15) is 9.57 Å². The van der Waals surface area contributed by atoms with E-state index in [-0.39, 0.29) is 29.1 Å². The minimum Gasteiger partial charge on any atom is -0.395 e. The lowest BCUT2D eigenvalue weighted by Gasteiger charge is -2.25. The zero-order chi connectivity index (χ0) is 14.6. The first-order valence-electron chi connectivity index (χ1n) is 5.67. The van der Waals surface area contributed by atoms with Gasteiger partial charge < -0.3 is 5.11 Å². The molecule has 5 nitrogen and oxygen atoms in total. The highest BCUT2D eigenvalue weighted by Gasteiger charge is 2.28. The number of nitrogens with zero attached hydrogens (tertiary/aromatic N) is 2. The fourth-order valence-electron chi connectivity index (χ4n) is 1.66. The number of hydrogen-bond donors (Lipinski definition) is 1. The third-order valence-corrected chi connectivity index (χ3v) is 5.10. The van der Waals surface area contributed by atoms with Crippen LogP contribution in [0.25, 0.3) is 0 Å². The van der Waals surface area contributed by atoms with Crippen molar-refractivity contribution < 1.29 is 13.5 Å². The number of aliphatic hydroxyl groups is 1.